The van der Waals surface area contributed by atoms with Crippen LogP contribution in [0.2, 0.25) is 0 Å². The van der Waals surface area contributed by atoms with Gasteiger partial charge in [0.2, 0.25) is 5.91 Å². The SMILES string of the molecule is COc1ccc2cc(CN(C)C(=O)Cn3nc(-c4ccccc4F)ccc3=O)ccc2c1. The van der Waals surface area contributed by atoms with E-state index in [1.54, 1.807) is 32.4 Å². The third-order valence-corrected chi connectivity index (χ3v) is 5.26. The highest BCUT2D eigenvalue weighted by molar-refractivity contribution is 5.84. The predicted molar refractivity (Wildman–Crippen MR) is 121 cm³/mol. The second-order valence-electron chi connectivity index (χ2n) is 7.49. The van der Waals surface area contributed by atoms with E-state index >= 15 is 0 Å². The van der Waals surface area contributed by atoms with Crippen molar-refractivity contribution in [3.8, 4) is 17.0 Å². The van der Waals surface area contributed by atoms with Crippen LogP contribution >= 0.6 is 0 Å². The topological polar surface area (TPSA) is 64.4 Å². The third kappa shape index (κ3) is 4.51. The monoisotopic (exact) mass is 431 g/mol. The van der Waals surface area contributed by atoms with Gasteiger partial charge in [-0.25, -0.2) is 9.07 Å². The molecule has 0 saturated heterocycles. The van der Waals surface area contributed by atoms with Crippen LogP contribution in [0.5, 0.6) is 5.75 Å². The van der Waals surface area contributed by atoms with E-state index in [4.69, 9.17) is 4.74 Å². The Balaban J connectivity index is 1.50. The van der Waals surface area contributed by atoms with Crippen LogP contribution in [0.1, 0.15) is 5.56 Å². The highest BCUT2D eigenvalue weighted by atomic mass is 19.1. The Kier molecular flexibility index (Phi) is 5.98. The van der Waals surface area contributed by atoms with Crippen molar-refractivity contribution < 1.29 is 13.9 Å². The van der Waals surface area contributed by atoms with Gasteiger partial charge >= 0.3 is 0 Å². The number of benzene rings is 3. The molecule has 0 bridgehead atoms. The first-order valence-corrected chi connectivity index (χ1v) is 10.1. The predicted octanol–water partition coefficient (Wildman–Crippen LogP) is 3.87. The third-order valence-electron chi connectivity index (χ3n) is 5.26. The number of fused-ring (bicyclic) bond motifs is 1. The van der Waals surface area contributed by atoms with Crippen molar-refractivity contribution in [2.24, 2.45) is 0 Å². The summed E-state index contributed by atoms with van der Waals surface area (Å²) in [6.07, 6.45) is 0. The number of carbonyl (C=O) groups is 1. The summed E-state index contributed by atoms with van der Waals surface area (Å²) in [5.41, 5.74) is 1.10. The van der Waals surface area contributed by atoms with Crippen molar-refractivity contribution in [2.75, 3.05) is 14.2 Å². The van der Waals surface area contributed by atoms with Gasteiger partial charge in [-0.3, -0.25) is 9.59 Å². The lowest BCUT2D eigenvalue weighted by Crippen LogP contribution is -2.34. The Morgan fingerprint density at radius 1 is 1.03 bits per heavy atom. The molecule has 0 atom stereocenters. The molecule has 0 fully saturated rings. The largest absolute Gasteiger partial charge is 0.497 e. The fourth-order valence-corrected chi connectivity index (χ4v) is 3.48. The van der Waals surface area contributed by atoms with Crippen LogP contribution in [0, 0.1) is 5.82 Å². The molecule has 1 amide bonds. The van der Waals surface area contributed by atoms with Gasteiger partial charge in [0, 0.05) is 25.2 Å². The van der Waals surface area contributed by atoms with Crippen molar-refractivity contribution in [3.05, 3.63) is 94.5 Å². The maximum absolute atomic E-state index is 14.1. The van der Waals surface area contributed by atoms with E-state index < -0.39 is 11.4 Å². The first-order chi connectivity index (χ1) is 15.4. The number of halogens is 1. The lowest BCUT2D eigenvalue weighted by molar-refractivity contribution is -0.131. The first-order valence-electron chi connectivity index (χ1n) is 10.1. The van der Waals surface area contributed by atoms with Crippen LogP contribution in [-0.4, -0.2) is 34.7 Å². The van der Waals surface area contributed by atoms with Crippen molar-refractivity contribution in [3.63, 3.8) is 0 Å². The Labute approximate surface area is 184 Å². The van der Waals surface area contributed by atoms with Crippen LogP contribution in [0.3, 0.4) is 0 Å². The minimum absolute atomic E-state index is 0.234. The quantitative estimate of drug-likeness (QED) is 0.465. The summed E-state index contributed by atoms with van der Waals surface area (Å²) in [6.45, 7) is 0.144. The minimum Gasteiger partial charge on any atom is -0.497 e. The summed E-state index contributed by atoms with van der Waals surface area (Å²) in [7, 11) is 3.30. The van der Waals surface area contributed by atoms with Gasteiger partial charge in [-0.1, -0.05) is 30.3 Å². The van der Waals surface area contributed by atoms with Crippen LogP contribution in [-0.2, 0) is 17.9 Å². The van der Waals surface area contributed by atoms with E-state index in [-0.39, 0.29) is 18.0 Å². The zero-order valence-electron chi connectivity index (χ0n) is 17.8. The molecule has 0 N–H and O–H groups in total. The van der Waals surface area contributed by atoms with Gasteiger partial charge in [0.05, 0.1) is 12.8 Å². The average molecular weight is 431 g/mol. The molecule has 0 saturated carbocycles. The Morgan fingerprint density at radius 3 is 2.56 bits per heavy atom. The van der Waals surface area contributed by atoms with E-state index in [0.717, 1.165) is 26.8 Å². The summed E-state index contributed by atoms with van der Waals surface area (Å²) in [6, 6.07) is 20.7. The zero-order chi connectivity index (χ0) is 22.7. The molecular weight excluding hydrogens is 409 g/mol. The van der Waals surface area contributed by atoms with Gasteiger partial charge in [-0.2, -0.15) is 5.10 Å². The molecule has 162 valence electrons. The van der Waals surface area contributed by atoms with E-state index in [1.165, 1.54) is 23.1 Å². The smallest absolute Gasteiger partial charge is 0.267 e. The molecule has 0 radical (unpaired) electrons. The van der Waals surface area contributed by atoms with Gasteiger partial charge < -0.3 is 9.64 Å². The number of rotatable bonds is 6. The molecule has 1 aromatic heterocycles. The van der Waals surface area contributed by atoms with Crippen LogP contribution < -0.4 is 10.3 Å². The lowest BCUT2D eigenvalue weighted by Gasteiger charge is -2.18. The molecule has 4 aromatic rings. The molecular formula is C25H22FN3O3. The van der Waals surface area contributed by atoms with Crippen molar-refractivity contribution in [1.29, 1.82) is 0 Å². The molecule has 1 heterocycles. The Hall–Kier alpha value is -4.00. The van der Waals surface area contributed by atoms with E-state index in [0.29, 0.717) is 12.2 Å². The second-order valence-corrected chi connectivity index (χ2v) is 7.49. The van der Waals surface area contributed by atoms with Crippen LogP contribution in [0.15, 0.2) is 77.6 Å². The molecule has 0 aliphatic heterocycles. The summed E-state index contributed by atoms with van der Waals surface area (Å²) >= 11 is 0. The summed E-state index contributed by atoms with van der Waals surface area (Å²) in [5, 5.41) is 6.28. The highest BCUT2D eigenvalue weighted by Crippen LogP contribution is 2.22. The maximum Gasteiger partial charge on any atom is 0.267 e. The number of hydrogen-bond acceptors (Lipinski definition) is 4. The average Bonchev–Trinajstić information content (AvgIpc) is 2.80. The van der Waals surface area contributed by atoms with Crippen molar-refractivity contribution in [1.82, 2.24) is 14.7 Å². The molecule has 0 aliphatic carbocycles. The lowest BCUT2D eigenvalue weighted by atomic mass is 10.1. The standard InChI is InChI=1S/C25H22FN3O3/c1-28(15-17-7-8-19-14-20(32-2)10-9-18(19)13-17)25(31)16-29-24(30)12-11-23(27-29)21-5-3-4-6-22(21)26/h3-14H,15-16H2,1-2H3. The molecule has 0 spiro atoms. The minimum atomic E-state index is -0.442. The number of hydrogen-bond donors (Lipinski definition) is 0. The molecule has 32 heavy (non-hydrogen) atoms. The Bertz CT molecular complexity index is 1350. The maximum atomic E-state index is 14.1. The molecule has 3 aromatic carbocycles. The fourth-order valence-electron chi connectivity index (χ4n) is 3.48. The van der Waals surface area contributed by atoms with E-state index in [2.05, 4.69) is 5.10 Å². The summed E-state index contributed by atoms with van der Waals surface area (Å²) < 4.78 is 20.4. The number of ether oxygens (including phenoxy) is 1. The van der Waals surface area contributed by atoms with Gasteiger partial charge in [0.15, 0.2) is 0 Å². The van der Waals surface area contributed by atoms with Crippen LogP contribution in [0.25, 0.3) is 22.0 Å². The number of nitrogens with zero attached hydrogens (tertiary/aromatic N) is 3. The van der Waals surface area contributed by atoms with Crippen molar-refractivity contribution >= 4 is 16.7 Å². The van der Waals surface area contributed by atoms with E-state index in [1.807, 2.05) is 36.4 Å². The Morgan fingerprint density at radius 2 is 1.78 bits per heavy atom. The zero-order valence-corrected chi connectivity index (χ0v) is 17.8. The summed E-state index contributed by atoms with van der Waals surface area (Å²) in [4.78, 5) is 26.5. The molecule has 6 nitrogen and oxygen atoms in total. The molecule has 7 heteroatoms. The number of methoxy groups -OCH3 is 1. The first kappa shape index (κ1) is 21.2. The second kappa shape index (κ2) is 9.01. The van der Waals surface area contributed by atoms with Gasteiger partial charge in [-0.05, 0) is 52.7 Å². The molecule has 0 unspecified atom stereocenters. The normalized spacial score (nSPS) is 10.8. The molecule has 4 rings (SSSR count). The van der Waals surface area contributed by atoms with Gasteiger partial charge in [-0.15, -0.1) is 0 Å². The van der Waals surface area contributed by atoms with Gasteiger partial charge in [0.1, 0.15) is 18.1 Å². The fraction of sp³-hybridized carbons (Fsp3) is 0.160. The molecule has 0 aliphatic rings. The number of carbonyl (C=O) groups excluding carboxylic acids is 1. The van der Waals surface area contributed by atoms with Crippen LogP contribution in [0.4, 0.5) is 4.39 Å². The van der Waals surface area contributed by atoms with Crippen molar-refractivity contribution in [2.45, 2.75) is 13.1 Å². The highest BCUT2D eigenvalue weighted by Gasteiger charge is 2.14. The number of amides is 1. The van der Waals surface area contributed by atoms with E-state index in [9.17, 15) is 14.0 Å². The summed E-state index contributed by atoms with van der Waals surface area (Å²) in [5.74, 6) is 0.0655. The number of aromatic nitrogens is 2. The van der Waals surface area contributed by atoms with Gasteiger partial charge in [0.25, 0.3) is 5.56 Å². The number of likely N-dealkylation sites (N-methyl/N-ethyl adjacent to an activating group) is 1.